The fraction of sp³-hybridized carbons (Fsp3) is 0.778. The fourth-order valence-electron chi connectivity index (χ4n) is 1.54. The molecule has 0 aliphatic heterocycles. The molecule has 0 heterocycles. The number of aliphatic hydroxyl groups excluding tert-OH is 1. The lowest BCUT2D eigenvalue weighted by molar-refractivity contribution is 0.00563. The van der Waals surface area contributed by atoms with Gasteiger partial charge in [0.2, 0.25) is 0 Å². The molecule has 1 aliphatic carbocycles. The first-order valence-electron chi connectivity index (χ1n) is 4.29. The number of hydrogen-bond acceptors (Lipinski definition) is 2. The Morgan fingerprint density at radius 3 is 2.73 bits per heavy atom. The molecule has 0 unspecified atom stereocenters. The Morgan fingerprint density at radius 1 is 1.27 bits per heavy atom. The van der Waals surface area contributed by atoms with Gasteiger partial charge in [0.05, 0.1) is 12.4 Å². The van der Waals surface area contributed by atoms with Crippen LogP contribution in [0.5, 0.6) is 0 Å². The van der Waals surface area contributed by atoms with Gasteiger partial charge in [-0.2, -0.15) is 0 Å². The SMILES string of the molecule is C=CO[C@@H]1CCCCC[C@@H]1O. The quantitative estimate of drug-likeness (QED) is 0.488. The largest absolute Gasteiger partial charge is 0.496 e. The Balaban J connectivity index is 2.38. The van der Waals surface area contributed by atoms with Crippen molar-refractivity contribution < 1.29 is 9.84 Å². The van der Waals surface area contributed by atoms with Crippen molar-refractivity contribution in [2.24, 2.45) is 0 Å². The summed E-state index contributed by atoms with van der Waals surface area (Å²) < 4.78 is 5.19. The molecule has 1 N–H and O–H groups in total. The van der Waals surface area contributed by atoms with E-state index in [0.717, 1.165) is 25.7 Å². The highest BCUT2D eigenvalue weighted by Gasteiger charge is 2.21. The Kier molecular flexibility index (Phi) is 3.43. The molecule has 0 aromatic rings. The van der Waals surface area contributed by atoms with Gasteiger partial charge in [-0.05, 0) is 19.3 Å². The summed E-state index contributed by atoms with van der Waals surface area (Å²) in [6, 6.07) is 0. The molecule has 1 fully saturated rings. The van der Waals surface area contributed by atoms with Crippen LogP contribution in [0.3, 0.4) is 0 Å². The fourth-order valence-corrected chi connectivity index (χ4v) is 1.54. The van der Waals surface area contributed by atoms with E-state index in [9.17, 15) is 5.11 Å². The van der Waals surface area contributed by atoms with Crippen LogP contribution in [-0.2, 0) is 4.74 Å². The Labute approximate surface area is 67.9 Å². The predicted molar refractivity (Wildman–Crippen MR) is 44.2 cm³/mol. The average Bonchev–Trinajstić information content (AvgIpc) is 2.18. The molecule has 11 heavy (non-hydrogen) atoms. The molecular weight excluding hydrogens is 140 g/mol. The van der Waals surface area contributed by atoms with Crippen LogP contribution in [0.15, 0.2) is 12.8 Å². The lowest BCUT2D eigenvalue weighted by atomic mass is 10.1. The summed E-state index contributed by atoms with van der Waals surface area (Å²) >= 11 is 0. The van der Waals surface area contributed by atoms with Gasteiger partial charge in [0.25, 0.3) is 0 Å². The van der Waals surface area contributed by atoms with E-state index in [2.05, 4.69) is 6.58 Å². The van der Waals surface area contributed by atoms with E-state index in [1.165, 1.54) is 12.7 Å². The molecule has 0 aromatic carbocycles. The topological polar surface area (TPSA) is 29.5 Å². The molecule has 0 spiro atoms. The summed E-state index contributed by atoms with van der Waals surface area (Å²) in [4.78, 5) is 0. The van der Waals surface area contributed by atoms with Crippen LogP contribution in [0, 0.1) is 0 Å². The summed E-state index contributed by atoms with van der Waals surface area (Å²) in [5.74, 6) is 0. The van der Waals surface area contributed by atoms with E-state index in [1.54, 1.807) is 0 Å². The Hall–Kier alpha value is -0.500. The molecule has 0 bridgehead atoms. The smallest absolute Gasteiger partial charge is 0.124 e. The molecule has 64 valence electrons. The molecule has 2 heteroatoms. The van der Waals surface area contributed by atoms with Gasteiger partial charge in [-0.15, -0.1) is 0 Å². The first kappa shape index (κ1) is 8.60. The van der Waals surface area contributed by atoms with Gasteiger partial charge >= 0.3 is 0 Å². The summed E-state index contributed by atoms with van der Waals surface area (Å²) in [6.07, 6.45) is 6.48. The molecule has 2 nitrogen and oxygen atoms in total. The van der Waals surface area contributed by atoms with Crippen molar-refractivity contribution in [1.29, 1.82) is 0 Å². The molecule has 1 rings (SSSR count). The van der Waals surface area contributed by atoms with Crippen molar-refractivity contribution in [1.82, 2.24) is 0 Å². The van der Waals surface area contributed by atoms with E-state index >= 15 is 0 Å². The van der Waals surface area contributed by atoms with Gasteiger partial charge in [-0.25, -0.2) is 0 Å². The predicted octanol–water partition coefficient (Wildman–Crippen LogP) is 1.84. The molecule has 0 amide bonds. The van der Waals surface area contributed by atoms with Crippen molar-refractivity contribution in [3.05, 3.63) is 12.8 Å². The van der Waals surface area contributed by atoms with Crippen LogP contribution in [0.25, 0.3) is 0 Å². The van der Waals surface area contributed by atoms with Crippen LogP contribution in [0.4, 0.5) is 0 Å². The van der Waals surface area contributed by atoms with E-state index < -0.39 is 0 Å². The van der Waals surface area contributed by atoms with Crippen molar-refractivity contribution in [3.63, 3.8) is 0 Å². The zero-order valence-electron chi connectivity index (χ0n) is 6.83. The van der Waals surface area contributed by atoms with Crippen LogP contribution in [0.2, 0.25) is 0 Å². The van der Waals surface area contributed by atoms with Gasteiger partial charge in [0, 0.05) is 0 Å². The zero-order valence-corrected chi connectivity index (χ0v) is 6.83. The average molecular weight is 156 g/mol. The maximum atomic E-state index is 9.51. The number of ether oxygens (including phenoxy) is 1. The molecule has 0 aromatic heterocycles. The highest BCUT2D eigenvalue weighted by atomic mass is 16.5. The Bertz CT molecular complexity index is 123. The first-order valence-corrected chi connectivity index (χ1v) is 4.29. The van der Waals surface area contributed by atoms with Crippen molar-refractivity contribution in [2.75, 3.05) is 0 Å². The summed E-state index contributed by atoms with van der Waals surface area (Å²) in [7, 11) is 0. The third kappa shape index (κ3) is 2.54. The number of rotatable bonds is 2. The standard InChI is InChI=1S/C9H16O2/c1-2-11-9-7-5-3-4-6-8(9)10/h2,8-10H,1,3-7H2/t8-,9+/m0/s1. The van der Waals surface area contributed by atoms with Gasteiger partial charge in [0.1, 0.15) is 6.10 Å². The lowest BCUT2D eigenvalue weighted by Gasteiger charge is -2.18. The van der Waals surface area contributed by atoms with Crippen molar-refractivity contribution in [2.45, 2.75) is 44.3 Å². The van der Waals surface area contributed by atoms with E-state index in [1.807, 2.05) is 0 Å². The van der Waals surface area contributed by atoms with Crippen LogP contribution in [0.1, 0.15) is 32.1 Å². The lowest BCUT2D eigenvalue weighted by Crippen LogP contribution is -2.25. The second-order valence-electron chi connectivity index (χ2n) is 3.05. The maximum absolute atomic E-state index is 9.51. The van der Waals surface area contributed by atoms with Gasteiger partial charge < -0.3 is 9.84 Å². The normalized spacial score (nSPS) is 32.5. The number of hydrogen-bond donors (Lipinski definition) is 1. The first-order chi connectivity index (χ1) is 5.34. The molecule has 1 saturated carbocycles. The Morgan fingerprint density at radius 2 is 2.00 bits per heavy atom. The van der Waals surface area contributed by atoms with Gasteiger partial charge in [0.15, 0.2) is 0 Å². The highest BCUT2D eigenvalue weighted by Crippen LogP contribution is 2.20. The van der Waals surface area contributed by atoms with Crippen LogP contribution >= 0.6 is 0 Å². The second kappa shape index (κ2) is 4.39. The second-order valence-corrected chi connectivity index (χ2v) is 3.05. The maximum Gasteiger partial charge on any atom is 0.124 e. The minimum absolute atomic E-state index is 0.00463. The third-order valence-corrected chi connectivity index (χ3v) is 2.19. The molecular formula is C9H16O2. The van der Waals surface area contributed by atoms with Crippen molar-refractivity contribution >= 4 is 0 Å². The molecule has 2 atom stereocenters. The minimum Gasteiger partial charge on any atom is -0.496 e. The van der Waals surface area contributed by atoms with E-state index in [4.69, 9.17) is 4.74 Å². The third-order valence-electron chi connectivity index (χ3n) is 2.19. The van der Waals surface area contributed by atoms with Gasteiger partial charge in [-0.3, -0.25) is 0 Å². The van der Waals surface area contributed by atoms with Crippen LogP contribution < -0.4 is 0 Å². The number of aliphatic hydroxyl groups is 1. The highest BCUT2D eigenvalue weighted by molar-refractivity contribution is 4.74. The molecule has 0 radical (unpaired) electrons. The monoisotopic (exact) mass is 156 g/mol. The van der Waals surface area contributed by atoms with Crippen LogP contribution in [-0.4, -0.2) is 17.3 Å². The van der Waals surface area contributed by atoms with E-state index in [-0.39, 0.29) is 12.2 Å². The van der Waals surface area contributed by atoms with E-state index in [0.29, 0.717) is 0 Å². The minimum atomic E-state index is -0.282. The molecule has 1 aliphatic rings. The zero-order chi connectivity index (χ0) is 8.10. The summed E-state index contributed by atoms with van der Waals surface area (Å²) in [5.41, 5.74) is 0. The van der Waals surface area contributed by atoms with Gasteiger partial charge in [-0.1, -0.05) is 19.4 Å². The summed E-state index contributed by atoms with van der Waals surface area (Å²) in [6.45, 7) is 3.49. The van der Waals surface area contributed by atoms with Crippen molar-refractivity contribution in [3.8, 4) is 0 Å². The molecule has 0 saturated heterocycles. The summed E-state index contributed by atoms with van der Waals surface area (Å²) in [5, 5.41) is 9.51.